The molecule has 4 aromatic heterocycles. The molecule has 0 aromatic carbocycles. The van der Waals surface area contributed by atoms with Crippen molar-refractivity contribution >= 4 is 33.2 Å². The van der Waals surface area contributed by atoms with Crippen molar-refractivity contribution in [3.63, 3.8) is 0 Å². The van der Waals surface area contributed by atoms with Gasteiger partial charge in [0.25, 0.3) is 0 Å². The van der Waals surface area contributed by atoms with Crippen LogP contribution in [0.1, 0.15) is 79.8 Å². The molecule has 232 valence electrons. The number of ether oxygens (including phenoxy) is 1. The van der Waals surface area contributed by atoms with E-state index in [0.717, 1.165) is 60.0 Å². The third kappa shape index (κ3) is 4.50. The SMILES string of the molecule is CC(C1CCCN1C)n1ncc2c(N(C)CC(C)(C)O)nc(-c3noc4c3COCC43CCCc4sc(N)c(C#N)c43)nc21. The Morgan fingerprint density at radius 3 is 2.89 bits per heavy atom. The number of anilines is 2. The highest BCUT2D eigenvalue weighted by Crippen LogP contribution is 2.52. The smallest absolute Gasteiger partial charge is 0.186 e. The van der Waals surface area contributed by atoms with E-state index in [4.69, 9.17) is 30.1 Å². The summed E-state index contributed by atoms with van der Waals surface area (Å²) in [6, 6.07) is 2.77. The Hall–Kier alpha value is -3.57. The van der Waals surface area contributed by atoms with Crippen molar-refractivity contribution in [2.75, 3.05) is 44.4 Å². The van der Waals surface area contributed by atoms with Crippen molar-refractivity contribution in [1.82, 2.24) is 29.8 Å². The maximum atomic E-state index is 10.7. The largest absolute Gasteiger partial charge is 0.389 e. The van der Waals surface area contributed by atoms with Crippen molar-refractivity contribution in [2.24, 2.45) is 0 Å². The van der Waals surface area contributed by atoms with Gasteiger partial charge >= 0.3 is 0 Å². The van der Waals surface area contributed by atoms with Crippen LogP contribution < -0.4 is 10.6 Å². The van der Waals surface area contributed by atoms with Gasteiger partial charge in [0.15, 0.2) is 22.9 Å². The summed E-state index contributed by atoms with van der Waals surface area (Å²) in [6.45, 7) is 7.85. The molecule has 1 fully saturated rings. The molecule has 0 bridgehead atoms. The van der Waals surface area contributed by atoms with E-state index in [1.54, 1.807) is 13.8 Å². The van der Waals surface area contributed by atoms with Crippen LogP contribution in [0, 0.1) is 11.3 Å². The summed E-state index contributed by atoms with van der Waals surface area (Å²) in [5, 5.41) is 31.5. The molecule has 3 N–H and O–H groups in total. The quantitative estimate of drug-likeness (QED) is 0.322. The molecule has 0 amide bonds. The van der Waals surface area contributed by atoms with Crippen LogP contribution in [0.5, 0.6) is 0 Å². The molecule has 1 spiro atoms. The second-order valence-electron chi connectivity index (χ2n) is 13.3. The monoisotopic (exact) mass is 617 g/mol. The summed E-state index contributed by atoms with van der Waals surface area (Å²) >= 11 is 1.49. The molecular formula is C31H39N9O3S. The van der Waals surface area contributed by atoms with E-state index in [-0.39, 0.29) is 6.04 Å². The minimum absolute atomic E-state index is 0.0853. The lowest BCUT2D eigenvalue weighted by Crippen LogP contribution is -2.40. The standard InChI is InChI=1S/C31H39N9O3S/c1-17(21-8-7-11-38(21)4)40-29-19(13-34-40)28(39(5)15-30(2,3)41)35-27(36-29)24-20-14-42-16-31(25(20)43-37-24)10-6-9-22-23(31)18(12-32)26(33)44-22/h13,17,21,41H,6-11,14-16,33H2,1-5H3. The molecule has 4 aromatic rings. The normalized spacial score (nSPS) is 22.7. The zero-order chi connectivity index (χ0) is 31.0. The second-order valence-corrected chi connectivity index (χ2v) is 14.5. The highest BCUT2D eigenvalue weighted by Gasteiger charge is 2.50. The molecular weight excluding hydrogens is 578 g/mol. The van der Waals surface area contributed by atoms with Gasteiger partial charge in [-0.1, -0.05) is 5.16 Å². The molecule has 13 heteroatoms. The summed E-state index contributed by atoms with van der Waals surface area (Å²) in [4.78, 5) is 15.6. The average molecular weight is 618 g/mol. The van der Waals surface area contributed by atoms with Gasteiger partial charge in [-0.3, -0.25) is 0 Å². The van der Waals surface area contributed by atoms with E-state index >= 15 is 0 Å². The minimum Gasteiger partial charge on any atom is -0.389 e. The molecule has 7 rings (SSSR count). The molecule has 3 aliphatic rings. The number of nitrogens with zero attached hydrogens (tertiary/aromatic N) is 8. The number of rotatable bonds is 6. The van der Waals surface area contributed by atoms with Crippen molar-refractivity contribution < 1.29 is 14.4 Å². The number of nitriles is 1. The number of thiophene rings is 1. The van der Waals surface area contributed by atoms with Gasteiger partial charge in [-0.25, -0.2) is 14.6 Å². The highest BCUT2D eigenvalue weighted by atomic mass is 32.1. The molecule has 44 heavy (non-hydrogen) atoms. The second kappa shape index (κ2) is 10.5. The number of hydrogen-bond acceptors (Lipinski definition) is 12. The number of nitrogen functional groups attached to an aromatic ring is 1. The van der Waals surface area contributed by atoms with Gasteiger partial charge in [0, 0.05) is 30.1 Å². The molecule has 0 radical (unpaired) electrons. The molecule has 3 unspecified atom stereocenters. The van der Waals surface area contributed by atoms with Crippen molar-refractivity contribution in [1.29, 1.82) is 5.26 Å². The van der Waals surface area contributed by atoms with E-state index in [9.17, 15) is 10.4 Å². The fourth-order valence-electron chi connectivity index (χ4n) is 7.70. The van der Waals surface area contributed by atoms with E-state index < -0.39 is 11.0 Å². The fourth-order valence-corrected chi connectivity index (χ4v) is 8.86. The van der Waals surface area contributed by atoms with Gasteiger partial charge in [0.1, 0.15) is 16.9 Å². The predicted molar refractivity (Wildman–Crippen MR) is 168 cm³/mol. The third-order valence-electron chi connectivity index (χ3n) is 9.57. The predicted octanol–water partition coefficient (Wildman–Crippen LogP) is 4.01. The average Bonchev–Trinajstić information content (AvgIpc) is 3.76. The van der Waals surface area contributed by atoms with Crippen LogP contribution in [-0.2, 0) is 23.2 Å². The maximum Gasteiger partial charge on any atom is 0.186 e. The Labute approximate surface area is 260 Å². The van der Waals surface area contributed by atoms with E-state index in [0.29, 0.717) is 65.1 Å². The summed E-state index contributed by atoms with van der Waals surface area (Å²) < 4.78 is 14.5. The zero-order valence-corrected chi connectivity index (χ0v) is 26.7. The lowest BCUT2D eigenvalue weighted by atomic mass is 9.68. The maximum absolute atomic E-state index is 10.7. The number of hydrogen-bond donors (Lipinski definition) is 2. The first-order valence-electron chi connectivity index (χ1n) is 15.3. The zero-order valence-electron chi connectivity index (χ0n) is 25.9. The molecule has 6 heterocycles. The van der Waals surface area contributed by atoms with Crippen molar-refractivity contribution in [3.8, 4) is 17.6 Å². The van der Waals surface area contributed by atoms with Crippen molar-refractivity contribution in [3.05, 3.63) is 33.5 Å². The van der Waals surface area contributed by atoms with Crippen LogP contribution in [0.2, 0.25) is 0 Å². The lowest BCUT2D eigenvalue weighted by Gasteiger charge is -2.38. The number of fused-ring (bicyclic) bond motifs is 5. The number of aliphatic hydroxyl groups is 1. The van der Waals surface area contributed by atoms with Gasteiger partial charge in [0.2, 0.25) is 0 Å². The lowest BCUT2D eigenvalue weighted by molar-refractivity contribution is 0.0459. The first kappa shape index (κ1) is 29.2. The number of aromatic nitrogens is 5. The van der Waals surface area contributed by atoms with Gasteiger partial charge in [0.05, 0.1) is 53.0 Å². The molecule has 3 atom stereocenters. The van der Waals surface area contributed by atoms with Crippen LogP contribution in [0.25, 0.3) is 22.6 Å². The number of likely N-dealkylation sites (tertiary alicyclic amines) is 1. The Morgan fingerprint density at radius 2 is 2.16 bits per heavy atom. The molecule has 1 aliphatic carbocycles. The number of nitrogens with two attached hydrogens (primary N) is 1. The van der Waals surface area contributed by atoms with Crippen LogP contribution in [0.3, 0.4) is 0 Å². The van der Waals surface area contributed by atoms with Gasteiger partial charge in [-0.2, -0.15) is 10.4 Å². The van der Waals surface area contributed by atoms with Crippen molar-refractivity contribution in [2.45, 2.75) is 82.6 Å². The molecule has 12 nitrogen and oxygen atoms in total. The van der Waals surface area contributed by atoms with Gasteiger partial charge in [-0.15, -0.1) is 11.3 Å². The molecule has 2 aliphatic heterocycles. The van der Waals surface area contributed by atoms with Gasteiger partial charge in [-0.05, 0) is 66.5 Å². The Kier molecular flexibility index (Phi) is 6.97. The van der Waals surface area contributed by atoms with E-state index in [2.05, 4.69) is 30.1 Å². The number of likely N-dealkylation sites (N-methyl/N-ethyl adjacent to an activating group) is 2. The van der Waals surface area contributed by atoms with E-state index in [1.165, 1.54) is 11.3 Å². The summed E-state index contributed by atoms with van der Waals surface area (Å²) in [5.41, 5.74) is 8.19. The Bertz CT molecular complexity index is 1780. The Balaban J connectivity index is 1.39. The summed E-state index contributed by atoms with van der Waals surface area (Å²) in [7, 11) is 4.08. The fraction of sp³-hybridized carbons (Fsp3) is 0.581. The van der Waals surface area contributed by atoms with Crippen LogP contribution in [0.15, 0.2) is 10.7 Å². The first-order chi connectivity index (χ1) is 21.0. The number of aryl methyl sites for hydroxylation is 1. The van der Waals surface area contributed by atoms with Crippen LogP contribution in [0.4, 0.5) is 10.8 Å². The van der Waals surface area contributed by atoms with Crippen LogP contribution >= 0.6 is 11.3 Å². The summed E-state index contributed by atoms with van der Waals surface area (Å²) in [6.07, 6.45) is 6.65. The highest BCUT2D eigenvalue weighted by molar-refractivity contribution is 7.16. The Morgan fingerprint density at radius 1 is 1.34 bits per heavy atom. The van der Waals surface area contributed by atoms with Gasteiger partial charge < -0.3 is 29.9 Å². The topological polar surface area (TPSA) is 155 Å². The first-order valence-corrected chi connectivity index (χ1v) is 16.1. The summed E-state index contributed by atoms with van der Waals surface area (Å²) in [5.74, 6) is 1.78. The molecule has 0 saturated carbocycles. The van der Waals surface area contributed by atoms with E-state index in [1.807, 2.05) is 22.8 Å². The molecule has 1 saturated heterocycles. The minimum atomic E-state index is -0.950. The third-order valence-corrected chi connectivity index (χ3v) is 10.7. The van der Waals surface area contributed by atoms with Crippen LogP contribution in [-0.4, -0.2) is 80.3 Å².